The first-order chi connectivity index (χ1) is 14.9. The second-order valence-electron chi connectivity index (χ2n) is 6.60. The lowest BCUT2D eigenvalue weighted by molar-refractivity contribution is 0.0977. The van der Waals surface area contributed by atoms with Crippen molar-refractivity contribution < 1.29 is 9.21 Å². The molecule has 0 radical (unpaired) electrons. The number of carbonyl (C=O) groups excluding carboxylic acids is 1. The molecule has 1 heterocycles. The van der Waals surface area contributed by atoms with E-state index in [1.54, 1.807) is 42.5 Å². The molecule has 0 aliphatic rings. The van der Waals surface area contributed by atoms with Crippen LogP contribution in [0.1, 0.15) is 10.4 Å². The van der Waals surface area contributed by atoms with Crippen LogP contribution in [0.25, 0.3) is 22.1 Å². The molecule has 1 amide bonds. The van der Waals surface area contributed by atoms with Crippen molar-refractivity contribution in [1.29, 1.82) is 0 Å². The highest BCUT2D eigenvalue weighted by Crippen LogP contribution is 2.24. The number of halogens is 2. The number of anilines is 1. The summed E-state index contributed by atoms with van der Waals surface area (Å²) < 4.78 is 5.41. The third-order valence-corrected chi connectivity index (χ3v) is 5.42. The third kappa shape index (κ3) is 4.77. The molecule has 0 aliphatic carbocycles. The van der Waals surface area contributed by atoms with E-state index in [9.17, 15) is 9.59 Å². The summed E-state index contributed by atoms with van der Waals surface area (Å²) >= 11 is 17.1. The maximum atomic E-state index is 12.4. The number of hydrogen-bond acceptors (Lipinski definition) is 4. The number of benzene rings is 3. The fourth-order valence-electron chi connectivity index (χ4n) is 3.00. The number of nitrogens with one attached hydrogen (secondary N) is 2. The average Bonchev–Trinajstić information content (AvgIpc) is 2.75. The van der Waals surface area contributed by atoms with Crippen molar-refractivity contribution in [2.75, 3.05) is 5.32 Å². The summed E-state index contributed by atoms with van der Waals surface area (Å²) in [5.41, 5.74) is 2.09. The summed E-state index contributed by atoms with van der Waals surface area (Å²) in [6, 6.07) is 20.7. The van der Waals surface area contributed by atoms with E-state index in [2.05, 4.69) is 10.6 Å². The first kappa shape index (κ1) is 21.1. The van der Waals surface area contributed by atoms with Gasteiger partial charge in [-0.3, -0.25) is 10.1 Å². The van der Waals surface area contributed by atoms with Crippen LogP contribution < -0.4 is 16.3 Å². The second kappa shape index (κ2) is 8.89. The van der Waals surface area contributed by atoms with Crippen molar-refractivity contribution in [3.63, 3.8) is 0 Å². The predicted molar refractivity (Wildman–Crippen MR) is 128 cm³/mol. The van der Waals surface area contributed by atoms with Gasteiger partial charge < -0.3 is 9.73 Å². The summed E-state index contributed by atoms with van der Waals surface area (Å²) in [5, 5.41) is 7.07. The Morgan fingerprint density at radius 3 is 2.52 bits per heavy atom. The Morgan fingerprint density at radius 2 is 1.71 bits per heavy atom. The highest BCUT2D eigenvalue weighted by Gasteiger charge is 2.12. The normalized spacial score (nSPS) is 10.6. The molecule has 5 nitrogen and oxygen atoms in total. The number of carbonyl (C=O) groups is 1. The zero-order valence-corrected chi connectivity index (χ0v) is 18.1. The van der Waals surface area contributed by atoms with Crippen LogP contribution in [-0.4, -0.2) is 11.0 Å². The van der Waals surface area contributed by atoms with Crippen LogP contribution in [-0.2, 0) is 0 Å². The molecule has 2 N–H and O–H groups in total. The van der Waals surface area contributed by atoms with Crippen LogP contribution in [0.5, 0.6) is 0 Å². The topological polar surface area (TPSA) is 71.3 Å². The van der Waals surface area contributed by atoms with Crippen LogP contribution in [0.4, 0.5) is 5.69 Å². The van der Waals surface area contributed by atoms with Gasteiger partial charge in [0.05, 0.1) is 15.6 Å². The van der Waals surface area contributed by atoms with Crippen LogP contribution in [0.15, 0.2) is 82.0 Å². The molecule has 154 valence electrons. The van der Waals surface area contributed by atoms with Crippen molar-refractivity contribution in [3.8, 4) is 11.1 Å². The molecular formula is C23H14Cl2N2O3S. The lowest BCUT2D eigenvalue weighted by Gasteiger charge is -2.11. The van der Waals surface area contributed by atoms with E-state index < -0.39 is 11.5 Å². The molecule has 0 unspecified atom stereocenters. The zero-order valence-electron chi connectivity index (χ0n) is 15.8. The molecule has 0 saturated carbocycles. The average molecular weight is 469 g/mol. The highest BCUT2D eigenvalue weighted by atomic mass is 35.5. The minimum Gasteiger partial charge on any atom is -0.422 e. The molecule has 0 bridgehead atoms. The quantitative estimate of drug-likeness (QED) is 0.289. The summed E-state index contributed by atoms with van der Waals surface area (Å²) in [4.78, 5) is 24.8. The fourth-order valence-corrected chi connectivity index (χ4v) is 3.51. The fraction of sp³-hybridized carbons (Fsp3) is 0. The Morgan fingerprint density at radius 1 is 0.903 bits per heavy atom. The van der Waals surface area contributed by atoms with Gasteiger partial charge in [0.1, 0.15) is 5.58 Å². The Kier molecular flexibility index (Phi) is 6.04. The predicted octanol–water partition coefficient (Wildman–Crippen LogP) is 5.89. The molecule has 4 rings (SSSR count). The Labute approximate surface area is 192 Å². The molecule has 0 atom stereocenters. The Hall–Kier alpha value is -3.19. The van der Waals surface area contributed by atoms with Crippen molar-refractivity contribution in [1.82, 2.24) is 5.32 Å². The number of rotatable bonds is 3. The smallest absolute Gasteiger partial charge is 0.344 e. The van der Waals surface area contributed by atoms with Crippen LogP contribution in [0, 0.1) is 0 Å². The van der Waals surface area contributed by atoms with E-state index in [0.29, 0.717) is 33.0 Å². The maximum Gasteiger partial charge on any atom is 0.344 e. The van der Waals surface area contributed by atoms with Crippen molar-refractivity contribution in [2.45, 2.75) is 0 Å². The first-order valence-electron chi connectivity index (χ1n) is 9.11. The van der Waals surface area contributed by atoms with Gasteiger partial charge in [0, 0.05) is 16.6 Å². The van der Waals surface area contributed by atoms with Crippen LogP contribution in [0.3, 0.4) is 0 Å². The van der Waals surface area contributed by atoms with Gasteiger partial charge in [0.2, 0.25) is 0 Å². The molecule has 8 heteroatoms. The molecule has 4 aromatic rings. The Bertz CT molecular complexity index is 1380. The summed E-state index contributed by atoms with van der Waals surface area (Å²) in [6.07, 6.45) is 0. The van der Waals surface area contributed by atoms with Crippen molar-refractivity contribution in [2.24, 2.45) is 0 Å². The molecule has 31 heavy (non-hydrogen) atoms. The number of hydrogen-bond donors (Lipinski definition) is 2. The molecule has 0 spiro atoms. The molecule has 0 fully saturated rings. The maximum absolute atomic E-state index is 12.4. The SMILES string of the molecule is O=C(NC(=S)Nc1cccc(-c2cc3ccccc3oc2=O)c1)c1ccc(Cl)c(Cl)c1. The largest absolute Gasteiger partial charge is 0.422 e. The van der Waals surface area contributed by atoms with Gasteiger partial charge >= 0.3 is 5.63 Å². The van der Waals surface area contributed by atoms with E-state index >= 15 is 0 Å². The van der Waals surface area contributed by atoms with Gasteiger partial charge in [-0.1, -0.05) is 53.5 Å². The molecule has 0 saturated heterocycles. The zero-order chi connectivity index (χ0) is 22.0. The minimum atomic E-state index is -0.439. The van der Waals surface area contributed by atoms with Gasteiger partial charge in [-0.05, 0) is 60.2 Å². The molecular weight excluding hydrogens is 455 g/mol. The van der Waals surface area contributed by atoms with E-state index in [4.69, 9.17) is 39.8 Å². The first-order valence-corrected chi connectivity index (χ1v) is 10.3. The van der Waals surface area contributed by atoms with Crippen LogP contribution in [0.2, 0.25) is 10.0 Å². The standard InChI is InChI=1S/C23H14Cl2N2O3S/c24-18-9-8-15(12-19(18)25)21(28)27-23(31)26-16-6-3-5-13(10-16)17-11-14-4-1-2-7-20(14)30-22(17)29/h1-12H,(H2,26,27,28,31). The minimum absolute atomic E-state index is 0.0961. The van der Waals surface area contributed by atoms with E-state index in [1.807, 2.05) is 18.2 Å². The Balaban J connectivity index is 1.53. The van der Waals surface area contributed by atoms with E-state index in [0.717, 1.165) is 5.39 Å². The second-order valence-corrected chi connectivity index (χ2v) is 7.83. The summed E-state index contributed by atoms with van der Waals surface area (Å²) in [5.74, 6) is -0.428. The number of para-hydroxylation sites is 1. The number of thiocarbonyl (C=S) groups is 1. The van der Waals surface area contributed by atoms with Crippen molar-refractivity contribution in [3.05, 3.63) is 98.8 Å². The van der Waals surface area contributed by atoms with E-state index in [-0.39, 0.29) is 10.1 Å². The van der Waals surface area contributed by atoms with Gasteiger partial charge in [0.15, 0.2) is 5.11 Å². The summed E-state index contributed by atoms with van der Waals surface area (Å²) in [6.45, 7) is 0. The number of amides is 1. The molecule has 0 aliphatic heterocycles. The molecule has 1 aromatic heterocycles. The van der Waals surface area contributed by atoms with E-state index in [1.165, 1.54) is 12.1 Å². The van der Waals surface area contributed by atoms with Gasteiger partial charge in [-0.15, -0.1) is 0 Å². The lowest BCUT2D eigenvalue weighted by Crippen LogP contribution is -2.34. The van der Waals surface area contributed by atoms with Gasteiger partial charge in [-0.2, -0.15) is 0 Å². The highest BCUT2D eigenvalue weighted by molar-refractivity contribution is 7.80. The van der Waals surface area contributed by atoms with Gasteiger partial charge in [0.25, 0.3) is 5.91 Å². The number of fused-ring (bicyclic) bond motifs is 1. The lowest BCUT2D eigenvalue weighted by atomic mass is 10.1. The van der Waals surface area contributed by atoms with Crippen molar-refractivity contribution >= 4 is 63.1 Å². The monoisotopic (exact) mass is 468 g/mol. The van der Waals surface area contributed by atoms with Gasteiger partial charge in [-0.25, -0.2) is 4.79 Å². The van der Waals surface area contributed by atoms with Crippen LogP contribution >= 0.6 is 35.4 Å². The molecule has 3 aromatic carbocycles. The third-order valence-electron chi connectivity index (χ3n) is 4.48. The summed E-state index contributed by atoms with van der Waals surface area (Å²) in [7, 11) is 0.